The van der Waals surface area contributed by atoms with Crippen molar-refractivity contribution in [2.75, 3.05) is 20.8 Å². The highest BCUT2D eigenvalue weighted by Gasteiger charge is 2.12. The topological polar surface area (TPSA) is 99.4 Å². The monoisotopic (exact) mass is 240 g/mol. The molecule has 1 rings (SSSR count). The van der Waals surface area contributed by atoms with Crippen LogP contribution in [0.4, 0.5) is 0 Å². The van der Waals surface area contributed by atoms with Crippen molar-refractivity contribution in [3.05, 3.63) is 11.9 Å². The third kappa shape index (κ3) is 3.87. The third-order valence-corrected chi connectivity index (χ3v) is 2.10. The molecule has 17 heavy (non-hydrogen) atoms. The zero-order chi connectivity index (χ0) is 12.7. The van der Waals surface area contributed by atoms with E-state index in [1.807, 2.05) is 0 Å². The van der Waals surface area contributed by atoms with Crippen molar-refractivity contribution in [2.45, 2.75) is 13.0 Å². The van der Waals surface area contributed by atoms with Crippen LogP contribution in [0.15, 0.2) is 6.33 Å². The minimum absolute atomic E-state index is 0.276. The first-order valence-corrected chi connectivity index (χ1v) is 5.10. The van der Waals surface area contributed by atoms with Gasteiger partial charge in [0, 0.05) is 19.5 Å². The normalized spacial score (nSPS) is 10.0. The Bertz CT molecular complexity index is 362. The van der Waals surface area contributed by atoms with Crippen molar-refractivity contribution in [2.24, 2.45) is 5.73 Å². The molecule has 1 amide bonds. The number of nitrogens with two attached hydrogens (primary N) is 1. The summed E-state index contributed by atoms with van der Waals surface area (Å²) in [5.41, 5.74) is 5.74. The number of amides is 1. The predicted molar refractivity (Wildman–Crippen MR) is 60.7 cm³/mol. The second-order valence-electron chi connectivity index (χ2n) is 3.26. The third-order valence-electron chi connectivity index (χ3n) is 2.10. The van der Waals surface area contributed by atoms with E-state index in [0.717, 1.165) is 0 Å². The van der Waals surface area contributed by atoms with Gasteiger partial charge in [-0.25, -0.2) is 9.97 Å². The fourth-order valence-corrected chi connectivity index (χ4v) is 1.31. The summed E-state index contributed by atoms with van der Waals surface area (Å²) in [6.45, 7) is 0.928. The van der Waals surface area contributed by atoms with Gasteiger partial charge in [0.2, 0.25) is 17.7 Å². The first kappa shape index (κ1) is 13.2. The molecular weight excluding hydrogens is 224 g/mol. The smallest absolute Gasteiger partial charge is 0.224 e. The summed E-state index contributed by atoms with van der Waals surface area (Å²) < 4.78 is 10.2. The first-order valence-electron chi connectivity index (χ1n) is 5.10. The van der Waals surface area contributed by atoms with Gasteiger partial charge in [-0.2, -0.15) is 0 Å². The Balaban J connectivity index is 2.64. The van der Waals surface area contributed by atoms with Gasteiger partial charge in [-0.3, -0.25) is 4.79 Å². The highest BCUT2D eigenvalue weighted by molar-refractivity contribution is 5.73. The Morgan fingerprint density at radius 1 is 1.35 bits per heavy atom. The Morgan fingerprint density at radius 3 is 2.41 bits per heavy atom. The summed E-state index contributed by atoms with van der Waals surface area (Å²) in [5, 5.41) is 3.04. The van der Waals surface area contributed by atoms with E-state index in [-0.39, 0.29) is 12.3 Å². The van der Waals surface area contributed by atoms with Gasteiger partial charge in [0.15, 0.2) is 0 Å². The van der Waals surface area contributed by atoms with Crippen molar-refractivity contribution in [3.63, 3.8) is 0 Å². The van der Waals surface area contributed by atoms with Crippen LogP contribution in [0, 0.1) is 0 Å². The van der Waals surface area contributed by atoms with Crippen molar-refractivity contribution in [1.82, 2.24) is 15.3 Å². The largest absolute Gasteiger partial charge is 0.481 e. The molecule has 3 N–H and O–H groups in total. The lowest BCUT2D eigenvalue weighted by Crippen LogP contribution is -2.22. The van der Waals surface area contributed by atoms with Gasteiger partial charge in [0.05, 0.1) is 19.8 Å². The highest BCUT2D eigenvalue weighted by Crippen LogP contribution is 2.22. The SMILES string of the molecule is COc1ncnc(OC)c1CNCCC(N)=O. The fourth-order valence-electron chi connectivity index (χ4n) is 1.31. The number of ether oxygens (including phenoxy) is 2. The van der Waals surface area contributed by atoms with E-state index in [2.05, 4.69) is 15.3 Å². The lowest BCUT2D eigenvalue weighted by atomic mass is 10.3. The van der Waals surface area contributed by atoms with Gasteiger partial charge in [-0.1, -0.05) is 0 Å². The zero-order valence-corrected chi connectivity index (χ0v) is 9.90. The number of aromatic nitrogens is 2. The maximum Gasteiger partial charge on any atom is 0.224 e. The van der Waals surface area contributed by atoms with Crippen LogP contribution in [0.5, 0.6) is 11.8 Å². The second-order valence-corrected chi connectivity index (χ2v) is 3.26. The fraction of sp³-hybridized carbons (Fsp3) is 0.500. The molecule has 1 aromatic rings. The average molecular weight is 240 g/mol. The molecule has 0 saturated carbocycles. The van der Waals surface area contributed by atoms with Crippen LogP contribution in [0.2, 0.25) is 0 Å². The van der Waals surface area contributed by atoms with Gasteiger partial charge < -0.3 is 20.5 Å². The number of carbonyl (C=O) groups is 1. The van der Waals surface area contributed by atoms with E-state index in [4.69, 9.17) is 15.2 Å². The molecule has 0 aromatic carbocycles. The lowest BCUT2D eigenvalue weighted by molar-refractivity contribution is -0.117. The predicted octanol–water partition coefficient (Wildman–Crippen LogP) is -0.541. The van der Waals surface area contributed by atoms with E-state index in [9.17, 15) is 4.79 Å². The van der Waals surface area contributed by atoms with E-state index < -0.39 is 0 Å². The van der Waals surface area contributed by atoms with Gasteiger partial charge >= 0.3 is 0 Å². The number of hydrogen-bond donors (Lipinski definition) is 2. The average Bonchev–Trinajstić information content (AvgIpc) is 2.34. The summed E-state index contributed by atoms with van der Waals surface area (Å²) in [6.07, 6.45) is 1.64. The molecule has 1 aromatic heterocycles. The molecule has 0 aliphatic carbocycles. The molecule has 0 radical (unpaired) electrons. The van der Waals surface area contributed by atoms with Crippen LogP contribution in [0.25, 0.3) is 0 Å². The molecule has 0 unspecified atom stereocenters. The minimum atomic E-state index is -0.347. The number of nitrogens with zero attached hydrogens (tertiary/aromatic N) is 2. The van der Waals surface area contributed by atoms with E-state index in [1.54, 1.807) is 0 Å². The van der Waals surface area contributed by atoms with Gasteiger partial charge in [-0.05, 0) is 0 Å². The zero-order valence-electron chi connectivity index (χ0n) is 9.90. The number of carbonyl (C=O) groups excluding carboxylic acids is 1. The Kier molecular flexibility index (Phi) is 5.15. The molecule has 94 valence electrons. The van der Waals surface area contributed by atoms with Crippen molar-refractivity contribution < 1.29 is 14.3 Å². The number of nitrogens with one attached hydrogen (secondary N) is 1. The number of primary amides is 1. The van der Waals surface area contributed by atoms with E-state index >= 15 is 0 Å². The summed E-state index contributed by atoms with van der Waals surface area (Å²) in [5.74, 6) is 0.549. The molecule has 0 aliphatic rings. The summed E-state index contributed by atoms with van der Waals surface area (Å²) in [4.78, 5) is 18.5. The molecule has 0 fully saturated rings. The van der Waals surface area contributed by atoms with Crippen LogP contribution in [0.3, 0.4) is 0 Å². The second kappa shape index (κ2) is 6.64. The van der Waals surface area contributed by atoms with Crippen LogP contribution in [-0.2, 0) is 11.3 Å². The molecule has 7 nitrogen and oxygen atoms in total. The highest BCUT2D eigenvalue weighted by atomic mass is 16.5. The quantitative estimate of drug-likeness (QED) is 0.621. The summed E-state index contributed by atoms with van der Waals surface area (Å²) in [6, 6.07) is 0. The molecule has 0 spiro atoms. The molecule has 7 heteroatoms. The minimum Gasteiger partial charge on any atom is -0.481 e. The number of hydrogen-bond acceptors (Lipinski definition) is 6. The first-order chi connectivity index (χ1) is 8.19. The molecule has 0 aliphatic heterocycles. The van der Waals surface area contributed by atoms with Crippen molar-refractivity contribution in [1.29, 1.82) is 0 Å². The van der Waals surface area contributed by atoms with Gasteiger partial charge in [0.25, 0.3) is 0 Å². The Morgan fingerprint density at radius 2 is 1.94 bits per heavy atom. The molecule has 0 atom stereocenters. The van der Waals surface area contributed by atoms with Crippen LogP contribution >= 0.6 is 0 Å². The van der Waals surface area contributed by atoms with E-state index in [1.165, 1.54) is 20.5 Å². The van der Waals surface area contributed by atoms with Crippen LogP contribution in [0.1, 0.15) is 12.0 Å². The molecule has 0 bridgehead atoms. The van der Waals surface area contributed by atoms with E-state index in [0.29, 0.717) is 30.4 Å². The standard InChI is InChI=1S/C10H16N4O3/c1-16-9-7(5-12-4-3-8(11)15)10(17-2)14-6-13-9/h6,12H,3-5H2,1-2H3,(H2,11,15). The van der Waals surface area contributed by atoms with Gasteiger partial charge in [-0.15, -0.1) is 0 Å². The lowest BCUT2D eigenvalue weighted by Gasteiger charge is -2.11. The molecule has 0 saturated heterocycles. The van der Waals surface area contributed by atoms with Crippen molar-refractivity contribution in [3.8, 4) is 11.8 Å². The summed E-state index contributed by atoms with van der Waals surface area (Å²) >= 11 is 0. The maximum absolute atomic E-state index is 10.6. The van der Waals surface area contributed by atoms with Crippen molar-refractivity contribution >= 4 is 5.91 Å². The van der Waals surface area contributed by atoms with Gasteiger partial charge in [0.1, 0.15) is 6.33 Å². The molecular formula is C10H16N4O3. The van der Waals surface area contributed by atoms with Crippen LogP contribution < -0.4 is 20.5 Å². The Labute approximate surface area is 99.3 Å². The Hall–Kier alpha value is -1.89. The number of rotatable bonds is 7. The number of methoxy groups -OCH3 is 2. The van der Waals surface area contributed by atoms with Crippen LogP contribution in [-0.4, -0.2) is 36.6 Å². The molecule has 1 heterocycles. The maximum atomic E-state index is 10.6. The summed E-state index contributed by atoms with van der Waals surface area (Å²) in [7, 11) is 3.05.